The molecule has 0 saturated heterocycles. The zero-order valence-electron chi connectivity index (χ0n) is 9.97. The standard InChI is InChI=1S/C15H18O2/c16-11-10-14(12-6-2-1-3-7-12)15(17)13-8-4-5-9-13/h1-3,6-7,11,13-14H,4-5,8-10H2. The SMILES string of the molecule is O=CCC(C(=O)C1CCCC1)c1ccccc1. The van der Waals surface area contributed by atoms with Crippen LogP contribution in [0.4, 0.5) is 0 Å². The lowest BCUT2D eigenvalue weighted by Crippen LogP contribution is -2.20. The van der Waals surface area contributed by atoms with Crippen LogP contribution in [-0.4, -0.2) is 12.1 Å². The molecule has 0 bridgehead atoms. The van der Waals surface area contributed by atoms with Gasteiger partial charge >= 0.3 is 0 Å². The summed E-state index contributed by atoms with van der Waals surface area (Å²) in [5, 5.41) is 0. The van der Waals surface area contributed by atoms with E-state index in [-0.39, 0.29) is 17.6 Å². The highest BCUT2D eigenvalue weighted by Gasteiger charge is 2.29. The summed E-state index contributed by atoms with van der Waals surface area (Å²) in [5.74, 6) is 0.220. The zero-order chi connectivity index (χ0) is 12.1. The smallest absolute Gasteiger partial charge is 0.143 e. The number of aldehydes is 1. The summed E-state index contributed by atoms with van der Waals surface area (Å²) in [7, 11) is 0. The van der Waals surface area contributed by atoms with E-state index in [1.54, 1.807) is 0 Å². The Bertz CT molecular complexity index is 377. The Morgan fingerprint density at radius 1 is 1.24 bits per heavy atom. The first-order valence-corrected chi connectivity index (χ1v) is 6.35. The Labute approximate surface area is 102 Å². The summed E-state index contributed by atoms with van der Waals surface area (Å²) >= 11 is 0. The highest BCUT2D eigenvalue weighted by Crippen LogP contribution is 2.32. The van der Waals surface area contributed by atoms with E-state index in [2.05, 4.69) is 0 Å². The summed E-state index contributed by atoms with van der Waals surface area (Å²) in [6.07, 6.45) is 5.49. The molecule has 0 aromatic heterocycles. The van der Waals surface area contributed by atoms with E-state index in [0.717, 1.165) is 37.5 Å². The van der Waals surface area contributed by atoms with Gasteiger partial charge in [-0.1, -0.05) is 43.2 Å². The first kappa shape index (κ1) is 12.0. The fraction of sp³-hybridized carbons (Fsp3) is 0.467. The number of Topliss-reactive ketones (excluding diaryl/α,β-unsaturated/α-hetero) is 1. The third-order valence-corrected chi connectivity index (χ3v) is 3.63. The van der Waals surface area contributed by atoms with E-state index < -0.39 is 0 Å². The molecule has 0 radical (unpaired) electrons. The number of carbonyl (C=O) groups excluding carboxylic acids is 2. The zero-order valence-corrected chi connectivity index (χ0v) is 9.97. The summed E-state index contributed by atoms with van der Waals surface area (Å²) in [4.78, 5) is 23.1. The van der Waals surface area contributed by atoms with Crippen molar-refractivity contribution in [3.63, 3.8) is 0 Å². The molecule has 1 saturated carbocycles. The average Bonchev–Trinajstić information content (AvgIpc) is 2.90. The molecule has 1 atom stereocenters. The number of ketones is 1. The summed E-state index contributed by atoms with van der Waals surface area (Å²) in [6, 6.07) is 9.67. The van der Waals surface area contributed by atoms with Crippen molar-refractivity contribution in [2.45, 2.75) is 38.0 Å². The van der Waals surface area contributed by atoms with Crippen LogP contribution in [-0.2, 0) is 9.59 Å². The first-order valence-electron chi connectivity index (χ1n) is 6.35. The quantitative estimate of drug-likeness (QED) is 0.728. The van der Waals surface area contributed by atoms with Crippen LogP contribution in [0.5, 0.6) is 0 Å². The third kappa shape index (κ3) is 2.82. The van der Waals surface area contributed by atoms with Crippen LogP contribution in [0.3, 0.4) is 0 Å². The number of benzene rings is 1. The van der Waals surface area contributed by atoms with Gasteiger partial charge in [0, 0.05) is 18.3 Å². The van der Waals surface area contributed by atoms with E-state index in [1.807, 2.05) is 30.3 Å². The predicted molar refractivity (Wildman–Crippen MR) is 66.8 cm³/mol. The van der Waals surface area contributed by atoms with E-state index in [0.29, 0.717) is 6.42 Å². The van der Waals surface area contributed by atoms with Crippen molar-refractivity contribution < 1.29 is 9.59 Å². The van der Waals surface area contributed by atoms with Crippen LogP contribution in [0, 0.1) is 5.92 Å². The molecule has 0 aliphatic heterocycles. The van der Waals surface area contributed by atoms with Gasteiger partial charge in [0.25, 0.3) is 0 Å². The maximum Gasteiger partial charge on any atom is 0.143 e. The van der Waals surface area contributed by atoms with Crippen LogP contribution in [0.2, 0.25) is 0 Å². The lowest BCUT2D eigenvalue weighted by atomic mass is 9.85. The highest BCUT2D eigenvalue weighted by atomic mass is 16.1. The molecule has 0 N–H and O–H groups in total. The highest BCUT2D eigenvalue weighted by molar-refractivity contribution is 5.89. The van der Waals surface area contributed by atoms with E-state index in [1.165, 1.54) is 0 Å². The van der Waals surface area contributed by atoms with Crippen molar-refractivity contribution in [2.75, 3.05) is 0 Å². The van der Waals surface area contributed by atoms with Crippen molar-refractivity contribution in [2.24, 2.45) is 5.92 Å². The minimum atomic E-state index is -0.225. The van der Waals surface area contributed by atoms with E-state index >= 15 is 0 Å². The van der Waals surface area contributed by atoms with Crippen LogP contribution >= 0.6 is 0 Å². The predicted octanol–water partition coefficient (Wildman–Crippen LogP) is 3.12. The number of carbonyl (C=O) groups is 2. The van der Waals surface area contributed by atoms with Gasteiger partial charge in [-0.15, -0.1) is 0 Å². The van der Waals surface area contributed by atoms with Crippen molar-refractivity contribution in [1.29, 1.82) is 0 Å². The van der Waals surface area contributed by atoms with Crippen LogP contribution in [0.1, 0.15) is 43.6 Å². The lowest BCUT2D eigenvalue weighted by molar-refractivity contribution is -0.125. The van der Waals surface area contributed by atoms with Gasteiger partial charge in [0.1, 0.15) is 12.1 Å². The van der Waals surface area contributed by atoms with E-state index in [4.69, 9.17) is 0 Å². The van der Waals surface area contributed by atoms with Crippen molar-refractivity contribution in [1.82, 2.24) is 0 Å². The number of hydrogen-bond donors (Lipinski definition) is 0. The van der Waals surface area contributed by atoms with Crippen LogP contribution < -0.4 is 0 Å². The molecule has 2 rings (SSSR count). The maximum atomic E-state index is 12.4. The van der Waals surface area contributed by atoms with Gasteiger partial charge in [-0.2, -0.15) is 0 Å². The normalized spacial score (nSPS) is 17.9. The lowest BCUT2D eigenvalue weighted by Gasteiger charge is -2.17. The molecule has 0 amide bonds. The van der Waals surface area contributed by atoms with Gasteiger partial charge in [0.2, 0.25) is 0 Å². The molecule has 1 fully saturated rings. The topological polar surface area (TPSA) is 34.1 Å². The average molecular weight is 230 g/mol. The second-order valence-electron chi connectivity index (χ2n) is 4.75. The van der Waals surface area contributed by atoms with Crippen LogP contribution in [0.25, 0.3) is 0 Å². The summed E-state index contributed by atoms with van der Waals surface area (Å²) < 4.78 is 0. The minimum Gasteiger partial charge on any atom is -0.303 e. The Hall–Kier alpha value is -1.44. The van der Waals surface area contributed by atoms with Gasteiger partial charge < -0.3 is 4.79 Å². The molecule has 1 aliphatic rings. The Morgan fingerprint density at radius 2 is 1.88 bits per heavy atom. The summed E-state index contributed by atoms with van der Waals surface area (Å²) in [6.45, 7) is 0. The Kier molecular flexibility index (Phi) is 4.08. The van der Waals surface area contributed by atoms with Gasteiger partial charge in [0.15, 0.2) is 0 Å². The molecule has 1 aromatic rings. The van der Waals surface area contributed by atoms with E-state index in [9.17, 15) is 9.59 Å². The molecule has 90 valence electrons. The summed E-state index contributed by atoms with van der Waals surface area (Å²) in [5.41, 5.74) is 0.983. The van der Waals surface area contributed by atoms with Crippen molar-refractivity contribution in [3.05, 3.63) is 35.9 Å². The second-order valence-corrected chi connectivity index (χ2v) is 4.75. The van der Waals surface area contributed by atoms with Crippen LogP contribution in [0.15, 0.2) is 30.3 Å². The van der Waals surface area contributed by atoms with Gasteiger partial charge in [-0.25, -0.2) is 0 Å². The largest absolute Gasteiger partial charge is 0.303 e. The molecule has 2 heteroatoms. The monoisotopic (exact) mass is 230 g/mol. The van der Waals surface area contributed by atoms with Gasteiger partial charge in [0.05, 0.1) is 0 Å². The second kappa shape index (κ2) is 5.76. The molecule has 1 aromatic carbocycles. The first-order chi connectivity index (χ1) is 8.33. The number of rotatable bonds is 5. The molecule has 2 nitrogen and oxygen atoms in total. The van der Waals surface area contributed by atoms with Gasteiger partial charge in [-0.3, -0.25) is 4.79 Å². The third-order valence-electron chi connectivity index (χ3n) is 3.63. The minimum absolute atomic E-state index is 0.181. The molecule has 17 heavy (non-hydrogen) atoms. The van der Waals surface area contributed by atoms with Crippen molar-refractivity contribution in [3.8, 4) is 0 Å². The Morgan fingerprint density at radius 3 is 2.47 bits per heavy atom. The Balaban J connectivity index is 2.16. The maximum absolute atomic E-state index is 12.4. The molecular weight excluding hydrogens is 212 g/mol. The molecule has 1 unspecified atom stereocenters. The fourth-order valence-electron chi connectivity index (χ4n) is 2.69. The van der Waals surface area contributed by atoms with Crippen molar-refractivity contribution >= 4 is 12.1 Å². The number of hydrogen-bond acceptors (Lipinski definition) is 2. The molecular formula is C15H18O2. The molecule has 0 heterocycles. The fourth-order valence-corrected chi connectivity index (χ4v) is 2.69. The van der Waals surface area contributed by atoms with Gasteiger partial charge in [-0.05, 0) is 18.4 Å². The molecule has 0 spiro atoms. The molecule has 1 aliphatic carbocycles.